The second-order valence-electron chi connectivity index (χ2n) is 9.63. The van der Waals surface area contributed by atoms with E-state index in [9.17, 15) is 9.18 Å². The van der Waals surface area contributed by atoms with Crippen LogP contribution in [-0.2, 0) is 4.74 Å². The molecule has 2 fully saturated rings. The number of aryl methyl sites for hydroxylation is 1. The van der Waals surface area contributed by atoms with Crippen molar-refractivity contribution in [2.45, 2.75) is 84.1 Å². The molecule has 0 N–H and O–H groups in total. The maximum atomic E-state index is 14.2. The van der Waals surface area contributed by atoms with Gasteiger partial charge in [-0.05, 0) is 65.2 Å². The average molecular weight is 444 g/mol. The van der Waals surface area contributed by atoms with Crippen molar-refractivity contribution in [1.29, 1.82) is 0 Å². The third-order valence-corrected chi connectivity index (χ3v) is 5.86. The molecule has 4 rings (SSSR count). The molecule has 8 heteroatoms. The predicted octanol–water partition coefficient (Wildman–Crippen LogP) is 5.33. The van der Waals surface area contributed by atoms with Gasteiger partial charge >= 0.3 is 6.09 Å². The Balaban J connectivity index is 1.44. The van der Waals surface area contributed by atoms with Gasteiger partial charge < -0.3 is 19.1 Å². The Morgan fingerprint density at radius 1 is 1.09 bits per heavy atom. The Hall–Kier alpha value is -2.90. The number of amides is 1. The van der Waals surface area contributed by atoms with E-state index in [0.717, 1.165) is 18.4 Å². The van der Waals surface area contributed by atoms with Crippen LogP contribution in [0, 0.1) is 19.7 Å². The summed E-state index contributed by atoms with van der Waals surface area (Å²) in [6.45, 7) is 9.24. The predicted molar refractivity (Wildman–Crippen MR) is 117 cm³/mol. The van der Waals surface area contributed by atoms with Crippen LogP contribution in [0.3, 0.4) is 0 Å². The van der Waals surface area contributed by atoms with Crippen LogP contribution in [0.4, 0.5) is 9.18 Å². The molecular formula is C24H30FN3O4. The third-order valence-electron chi connectivity index (χ3n) is 5.86. The minimum Gasteiger partial charge on any atom is -0.474 e. The number of hydrogen-bond acceptors (Lipinski definition) is 6. The zero-order chi connectivity index (χ0) is 23.0. The molecule has 1 unspecified atom stereocenters. The number of piperidine rings is 1. The second kappa shape index (κ2) is 8.56. The summed E-state index contributed by atoms with van der Waals surface area (Å²) in [7, 11) is 0. The highest BCUT2D eigenvalue weighted by Crippen LogP contribution is 2.39. The van der Waals surface area contributed by atoms with Crippen LogP contribution in [0.1, 0.15) is 57.6 Å². The number of aromatic nitrogens is 2. The van der Waals surface area contributed by atoms with Gasteiger partial charge in [0.25, 0.3) is 0 Å². The lowest BCUT2D eigenvalue weighted by atomic mass is 10.00. The fourth-order valence-electron chi connectivity index (χ4n) is 4.43. The van der Waals surface area contributed by atoms with Crippen LogP contribution in [0.5, 0.6) is 17.5 Å². The third kappa shape index (κ3) is 4.79. The van der Waals surface area contributed by atoms with Crippen LogP contribution in [0.2, 0.25) is 0 Å². The molecule has 3 atom stereocenters. The van der Waals surface area contributed by atoms with Crippen molar-refractivity contribution in [3.63, 3.8) is 0 Å². The number of hydrogen-bond donors (Lipinski definition) is 0. The summed E-state index contributed by atoms with van der Waals surface area (Å²) >= 11 is 0. The molecule has 2 aliphatic rings. The first kappa shape index (κ1) is 22.3. The van der Waals surface area contributed by atoms with Crippen molar-refractivity contribution in [2.24, 2.45) is 0 Å². The topological polar surface area (TPSA) is 73.8 Å². The smallest absolute Gasteiger partial charge is 0.410 e. The van der Waals surface area contributed by atoms with Crippen molar-refractivity contribution in [2.75, 3.05) is 0 Å². The van der Waals surface area contributed by atoms with Crippen LogP contribution < -0.4 is 9.47 Å². The van der Waals surface area contributed by atoms with Gasteiger partial charge in [0, 0.05) is 24.9 Å². The van der Waals surface area contributed by atoms with E-state index >= 15 is 0 Å². The van der Waals surface area contributed by atoms with E-state index in [0.29, 0.717) is 24.3 Å². The Morgan fingerprint density at radius 2 is 1.75 bits per heavy atom. The molecule has 2 bridgehead atoms. The fraction of sp³-hybridized carbons (Fsp3) is 0.542. The summed E-state index contributed by atoms with van der Waals surface area (Å²) in [5, 5.41) is 0. The number of ether oxygens (including phenoxy) is 3. The summed E-state index contributed by atoms with van der Waals surface area (Å²) in [6.07, 6.45) is 4.32. The molecule has 0 spiro atoms. The van der Waals surface area contributed by atoms with Gasteiger partial charge in [-0.15, -0.1) is 0 Å². The van der Waals surface area contributed by atoms with Crippen molar-refractivity contribution in [1.82, 2.24) is 14.9 Å². The molecule has 1 aromatic carbocycles. The van der Waals surface area contributed by atoms with Gasteiger partial charge in [-0.25, -0.2) is 19.2 Å². The van der Waals surface area contributed by atoms with E-state index in [1.165, 1.54) is 12.4 Å². The summed E-state index contributed by atoms with van der Waals surface area (Å²) in [5.74, 6) is 0.327. The summed E-state index contributed by atoms with van der Waals surface area (Å²) in [4.78, 5) is 23.0. The minimum atomic E-state index is -0.519. The van der Waals surface area contributed by atoms with Gasteiger partial charge in [-0.2, -0.15) is 0 Å². The molecule has 0 saturated carbocycles. The fourth-order valence-corrected chi connectivity index (χ4v) is 4.43. The number of benzene rings is 1. The summed E-state index contributed by atoms with van der Waals surface area (Å²) < 4.78 is 31.7. The van der Waals surface area contributed by atoms with Crippen molar-refractivity contribution in [3.8, 4) is 17.5 Å². The lowest BCUT2D eigenvalue weighted by Gasteiger charge is -2.39. The maximum Gasteiger partial charge on any atom is 0.410 e. The monoisotopic (exact) mass is 443 g/mol. The van der Waals surface area contributed by atoms with E-state index in [1.54, 1.807) is 19.1 Å². The maximum absolute atomic E-state index is 14.2. The van der Waals surface area contributed by atoms with E-state index in [-0.39, 0.29) is 35.9 Å². The number of halogens is 1. The number of carbonyl (C=O) groups excluding carboxylic acids is 1. The molecule has 1 aromatic heterocycles. The zero-order valence-electron chi connectivity index (χ0n) is 19.2. The largest absolute Gasteiger partial charge is 0.474 e. The van der Waals surface area contributed by atoms with E-state index in [2.05, 4.69) is 9.97 Å². The first-order valence-electron chi connectivity index (χ1n) is 11.0. The van der Waals surface area contributed by atoms with E-state index in [1.807, 2.05) is 32.6 Å². The molecule has 2 aliphatic heterocycles. The minimum absolute atomic E-state index is 0.0799. The van der Waals surface area contributed by atoms with Crippen molar-refractivity contribution in [3.05, 3.63) is 41.5 Å². The van der Waals surface area contributed by atoms with Gasteiger partial charge in [-0.3, -0.25) is 0 Å². The lowest BCUT2D eigenvalue weighted by Crippen LogP contribution is -2.50. The van der Waals surface area contributed by atoms with Crippen LogP contribution in [-0.4, -0.2) is 44.7 Å². The Labute approximate surface area is 187 Å². The lowest BCUT2D eigenvalue weighted by molar-refractivity contribution is -0.00773. The normalized spacial score (nSPS) is 22.6. The molecule has 0 aliphatic carbocycles. The first-order valence-corrected chi connectivity index (χ1v) is 11.0. The molecule has 7 nitrogen and oxygen atoms in total. The Kier molecular flexibility index (Phi) is 5.97. The van der Waals surface area contributed by atoms with Gasteiger partial charge in [0.05, 0.1) is 5.56 Å². The molecule has 0 radical (unpaired) electrons. The summed E-state index contributed by atoms with van der Waals surface area (Å²) in [6, 6.07) is 4.95. The van der Waals surface area contributed by atoms with Gasteiger partial charge in [0.1, 0.15) is 18.0 Å². The van der Waals surface area contributed by atoms with Gasteiger partial charge in [0.2, 0.25) is 11.8 Å². The highest BCUT2D eigenvalue weighted by atomic mass is 19.1. The zero-order valence-corrected chi connectivity index (χ0v) is 19.2. The molecule has 3 heterocycles. The summed E-state index contributed by atoms with van der Waals surface area (Å²) in [5.41, 5.74) is 0.898. The van der Waals surface area contributed by atoms with Crippen molar-refractivity contribution < 1.29 is 23.4 Å². The molecular weight excluding hydrogens is 413 g/mol. The van der Waals surface area contributed by atoms with Crippen LogP contribution in [0.15, 0.2) is 24.5 Å². The number of fused-ring (bicyclic) bond motifs is 2. The van der Waals surface area contributed by atoms with Gasteiger partial charge in [-0.1, -0.05) is 6.07 Å². The molecule has 172 valence electrons. The molecule has 2 aromatic rings. The Bertz CT molecular complexity index is 993. The van der Waals surface area contributed by atoms with E-state index < -0.39 is 11.4 Å². The molecule has 1 amide bonds. The molecule has 32 heavy (non-hydrogen) atoms. The number of nitrogens with zero attached hydrogens (tertiary/aromatic N) is 3. The molecule has 2 saturated heterocycles. The SMILES string of the molecule is Cc1ccc(Oc2ncnc(O[C@H]3CC4CC[C@@H](C3)N4C(=O)OC(C)(C)C)c2C)c(F)c1. The average Bonchev–Trinajstić information content (AvgIpc) is 2.97. The number of rotatable bonds is 4. The van der Waals surface area contributed by atoms with Gasteiger partial charge in [0.15, 0.2) is 11.6 Å². The highest BCUT2D eigenvalue weighted by Gasteiger charge is 2.45. The number of carbonyl (C=O) groups is 1. The highest BCUT2D eigenvalue weighted by molar-refractivity contribution is 5.69. The second-order valence-corrected chi connectivity index (χ2v) is 9.63. The quantitative estimate of drug-likeness (QED) is 0.636. The first-order chi connectivity index (χ1) is 15.1. The Morgan fingerprint density at radius 3 is 2.38 bits per heavy atom. The van der Waals surface area contributed by atoms with E-state index in [4.69, 9.17) is 14.2 Å². The van der Waals surface area contributed by atoms with Crippen LogP contribution >= 0.6 is 0 Å². The standard InChI is InChI=1S/C24H30FN3O4/c1-14-6-9-20(19(25)10-14)31-22-15(2)21(26-13-27-22)30-18-11-16-7-8-17(12-18)28(16)23(29)32-24(3,4)5/h6,9-10,13,16-18H,7-8,11-12H2,1-5H3/t16-,17?,18+/m0/s1. The van der Waals surface area contributed by atoms with Crippen molar-refractivity contribution >= 4 is 6.09 Å². The van der Waals surface area contributed by atoms with Crippen LogP contribution in [0.25, 0.3) is 0 Å².